The summed E-state index contributed by atoms with van der Waals surface area (Å²) in [5.41, 5.74) is 1.50. The van der Waals surface area contributed by atoms with Crippen LogP contribution in [0.2, 0.25) is 10.0 Å². The molecule has 1 aliphatic heterocycles. The number of nitrogens with one attached hydrogen (secondary N) is 3. The molecular weight excluding hydrogens is 403 g/mol. The maximum Gasteiger partial charge on any atom is 0.251 e. The van der Waals surface area contributed by atoms with Crippen molar-refractivity contribution in [2.75, 3.05) is 26.9 Å². The molecule has 7 nitrogen and oxygen atoms in total. The van der Waals surface area contributed by atoms with Crippen molar-refractivity contribution in [3.63, 3.8) is 0 Å². The Morgan fingerprint density at radius 2 is 1.79 bits per heavy atom. The first-order valence-corrected chi connectivity index (χ1v) is 9.38. The molecule has 1 aliphatic rings. The van der Waals surface area contributed by atoms with Crippen LogP contribution in [0.3, 0.4) is 0 Å². The van der Waals surface area contributed by atoms with Crippen LogP contribution in [-0.4, -0.2) is 38.8 Å². The average molecular weight is 423 g/mol. The smallest absolute Gasteiger partial charge is 0.251 e. The molecule has 2 aromatic rings. The molecule has 0 aromatic heterocycles. The van der Waals surface area contributed by atoms with Crippen LogP contribution >= 0.6 is 23.2 Å². The monoisotopic (exact) mass is 422 g/mol. The van der Waals surface area contributed by atoms with Gasteiger partial charge in [-0.25, -0.2) is 0 Å². The third-order valence-electron chi connectivity index (χ3n) is 4.01. The lowest BCUT2D eigenvalue weighted by molar-refractivity contribution is 0.0954. The van der Waals surface area contributed by atoms with E-state index in [1.54, 1.807) is 25.2 Å². The standard InChI is InChI=1S/C19H20Cl2N4O3/c1-22-19(25-10-12-2-5-16-17(8-12)28-11-27-16)24-7-6-23-18(26)13-3-4-14(20)15(21)9-13/h2-5,8-9H,6-7,10-11H2,1H3,(H,23,26)(H2,22,24,25). The highest BCUT2D eigenvalue weighted by Crippen LogP contribution is 2.32. The Morgan fingerprint density at radius 3 is 2.57 bits per heavy atom. The number of fused-ring (bicyclic) bond motifs is 1. The van der Waals surface area contributed by atoms with E-state index in [1.165, 1.54) is 0 Å². The summed E-state index contributed by atoms with van der Waals surface area (Å²) in [5.74, 6) is 1.90. The van der Waals surface area contributed by atoms with Crippen molar-refractivity contribution in [3.8, 4) is 11.5 Å². The summed E-state index contributed by atoms with van der Waals surface area (Å²) in [6.07, 6.45) is 0. The molecule has 1 amide bonds. The summed E-state index contributed by atoms with van der Waals surface area (Å²) in [6, 6.07) is 10.5. The fourth-order valence-corrected chi connectivity index (χ4v) is 2.85. The Hall–Kier alpha value is -2.64. The van der Waals surface area contributed by atoms with Crippen molar-refractivity contribution >= 4 is 35.1 Å². The number of hydrogen-bond acceptors (Lipinski definition) is 4. The second-order valence-corrected chi connectivity index (χ2v) is 6.74. The van der Waals surface area contributed by atoms with Crippen LogP contribution in [-0.2, 0) is 6.54 Å². The molecule has 3 rings (SSSR count). The van der Waals surface area contributed by atoms with Crippen molar-refractivity contribution < 1.29 is 14.3 Å². The normalized spacial score (nSPS) is 12.6. The van der Waals surface area contributed by atoms with Crippen molar-refractivity contribution in [2.45, 2.75) is 6.54 Å². The summed E-state index contributed by atoms with van der Waals surface area (Å²) in [5, 5.41) is 9.92. The number of halogens is 2. The number of rotatable bonds is 6. The van der Waals surface area contributed by atoms with Crippen molar-refractivity contribution in [1.29, 1.82) is 0 Å². The van der Waals surface area contributed by atoms with Crippen LogP contribution in [0, 0.1) is 0 Å². The predicted molar refractivity (Wildman–Crippen MR) is 110 cm³/mol. The van der Waals surface area contributed by atoms with Gasteiger partial charge in [-0.1, -0.05) is 29.3 Å². The minimum absolute atomic E-state index is 0.219. The highest BCUT2D eigenvalue weighted by atomic mass is 35.5. The number of hydrogen-bond donors (Lipinski definition) is 3. The first-order chi connectivity index (χ1) is 13.6. The molecule has 3 N–H and O–H groups in total. The number of carbonyl (C=O) groups is 1. The van der Waals surface area contributed by atoms with Gasteiger partial charge in [0.15, 0.2) is 17.5 Å². The molecule has 9 heteroatoms. The summed E-state index contributed by atoms with van der Waals surface area (Å²) in [4.78, 5) is 16.3. The average Bonchev–Trinajstić information content (AvgIpc) is 3.17. The zero-order valence-electron chi connectivity index (χ0n) is 15.2. The van der Waals surface area contributed by atoms with E-state index < -0.39 is 0 Å². The van der Waals surface area contributed by atoms with Crippen LogP contribution < -0.4 is 25.4 Å². The van der Waals surface area contributed by atoms with E-state index in [0.29, 0.717) is 41.2 Å². The number of ether oxygens (including phenoxy) is 2. The third-order valence-corrected chi connectivity index (χ3v) is 4.74. The summed E-state index contributed by atoms with van der Waals surface area (Å²) < 4.78 is 10.7. The first kappa shape index (κ1) is 20.1. The van der Waals surface area contributed by atoms with Gasteiger partial charge in [-0.3, -0.25) is 9.79 Å². The van der Waals surface area contributed by atoms with Gasteiger partial charge in [0.05, 0.1) is 10.0 Å². The SMILES string of the molecule is CN=C(NCCNC(=O)c1ccc(Cl)c(Cl)c1)NCc1ccc2c(c1)OCO2. The number of guanidine groups is 1. The van der Waals surface area contributed by atoms with E-state index in [9.17, 15) is 4.79 Å². The van der Waals surface area contributed by atoms with Gasteiger partial charge in [0, 0.05) is 32.2 Å². The Bertz CT molecular complexity index is 889. The van der Waals surface area contributed by atoms with Gasteiger partial charge in [-0.15, -0.1) is 0 Å². The molecule has 0 aliphatic carbocycles. The minimum atomic E-state index is -0.219. The van der Waals surface area contributed by atoms with Crippen molar-refractivity contribution in [3.05, 3.63) is 57.6 Å². The highest BCUT2D eigenvalue weighted by molar-refractivity contribution is 6.42. The van der Waals surface area contributed by atoms with Crippen LogP contribution in [0.25, 0.3) is 0 Å². The van der Waals surface area contributed by atoms with E-state index in [1.807, 2.05) is 18.2 Å². The summed E-state index contributed by atoms with van der Waals surface area (Å²) >= 11 is 11.8. The summed E-state index contributed by atoms with van der Waals surface area (Å²) in [6.45, 7) is 1.76. The number of benzene rings is 2. The lowest BCUT2D eigenvalue weighted by atomic mass is 10.2. The second kappa shape index (κ2) is 9.52. The quantitative estimate of drug-likeness (QED) is 0.378. The van der Waals surface area contributed by atoms with Crippen molar-refractivity contribution in [1.82, 2.24) is 16.0 Å². The van der Waals surface area contributed by atoms with E-state index in [4.69, 9.17) is 32.7 Å². The van der Waals surface area contributed by atoms with Crippen molar-refractivity contribution in [2.24, 2.45) is 4.99 Å². The first-order valence-electron chi connectivity index (χ1n) is 8.63. The van der Waals surface area contributed by atoms with Gasteiger partial charge in [0.2, 0.25) is 6.79 Å². The predicted octanol–water partition coefficient (Wildman–Crippen LogP) is 2.82. The van der Waals surface area contributed by atoms with Crippen LogP contribution in [0.4, 0.5) is 0 Å². The molecule has 0 bridgehead atoms. The molecule has 148 valence electrons. The Morgan fingerprint density at radius 1 is 1.00 bits per heavy atom. The number of carbonyl (C=O) groups excluding carboxylic acids is 1. The van der Waals surface area contributed by atoms with E-state index in [0.717, 1.165) is 17.1 Å². The lowest BCUT2D eigenvalue weighted by Crippen LogP contribution is -2.41. The van der Waals surface area contributed by atoms with Gasteiger partial charge in [-0.05, 0) is 35.9 Å². The molecule has 28 heavy (non-hydrogen) atoms. The Balaban J connectivity index is 1.40. The molecule has 0 saturated heterocycles. The number of amides is 1. The van der Waals surface area contributed by atoms with Gasteiger partial charge in [0.25, 0.3) is 5.91 Å². The third kappa shape index (κ3) is 5.21. The second-order valence-electron chi connectivity index (χ2n) is 5.92. The van der Waals surface area contributed by atoms with Crippen LogP contribution in [0.5, 0.6) is 11.5 Å². The van der Waals surface area contributed by atoms with E-state index in [-0.39, 0.29) is 12.7 Å². The zero-order valence-corrected chi connectivity index (χ0v) is 16.7. The van der Waals surface area contributed by atoms with E-state index >= 15 is 0 Å². The van der Waals surface area contributed by atoms with Gasteiger partial charge in [0.1, 0.15) is 0 Å². The molecule has 0 saturated carbocycles. The minimum Gasteiger partial charge on any atom is -0.454 e. The maximum absolute atomic E-state index is 12.1. The molecule has 0 fully saturated rings. The molecular formula is C19H20Cl2N4O3. The number of aliphatic imine (C=N–C) groups is 1. The van der Waals surface area contributed by atoms with Gasteiger partial charge >= 0.3 is 0 Å². The Kier molecular flexibility index (Phi) is 6.84. The number of nitrogens with zero attached hydrogens (tertiary/aromatic N) is 1. The Labute approximate surface area is 173 Å². The van der Waals surface area contributed by atoms with Crippen LogP contribution in [0.15, 0.2) is 41.4 Å². The summed E-state index contributed by atoms with van der Waals surface area (Å²) in [7, 11) is 1.68. The fraction of sp³-hybridized carbons (Fsp3) is 0.263. The van der Waals surface area contributed by atoms with Gasteiger partial charge in [-0.2, -0.15) is 0 Å². The van der Waals surface area contributed by atoms with E-state index in [2.05, 4.69) is 20.9 Å². The molecule has 0 unspecified atom stereocenters. The highest BCUT2D eigenvalue weighted by Gasteiger charge is 2.13. The zero-order chi connectivity index (χ0) is 19.9. The maximum atomic E-state index is 12.1. The molecule has 0 atom stereocenters. The largest absolute Gasteiger partial charge is 0.454 e. The molecule has 0 spiro atoms. The fourth-order valence-electron chi connectivity index (χ4n) is 2.55. The molecule has 1 heterocycles. The molecule has 2 aromatic carbocycles. The van der Waals surface area contributed by atoms with Gasteiger partial charge < -0.3 is 25.4 Å². The topological polar surface area (TPSA) is 84.0 Å². The molecule has 0 radical (unpaired) electrons. The lowest BCUT2D eigenvalue weighted by Gasteiger charge is -2.13. The van der Waals surface area contributed by atoms with Crippen LogP contribution in [0.1, 0.15) is 15.9 Å².